The highest BCUT2D eigenvalue weighted by Gasteiger charge is 2.03. The average Bonchev–Trinajstić information content (AvgIpc) is 2.52. The fraction of sp³-hybridized carbons (Fsp3) is 0.400. The molecular formula is C20H28N2O. The van der Waals surface area contributed by atoms with Crippen LogP contribution in [0.1, 0.15) is 30.0 Å². The molecule has 2 aromatic rings. The number of anilines is 1. The van der Waals surface area contributed by atoms with E-state index in [0.29, 0.717) is 6.04 Å². The van der Waals surface area contributed by atoms with Gasteiger partial charge in [0.05, 0.1) is 13.8 Å². The molecule has 124 valence electrons. The van der Waals surface area contributed by atoms with E-state index in [4.69, 9.17) is 4.74 Å². The fourth-order valence-electron chi connectivity index (χ4n) is 2.68. The Morgan fingerprint density at radius 1 is 1.00 bits per heavy atom. The molecule has 1 unspecified atom stereocenters. The number of methoxy groups -OCH3 is 1. The monoisotopic (exact) mass is 312 g/mol. The molecule has 0 fully saturated rings. The Morgan fingerprint density at radius 2 is 1.65 bits per heavy atom. The second-order valence-corrected chi connectivity index (χ2v) is 6.22. The van der Waals surface area contributed by atoms with Gasteiger partial charge in [-0.3, -0.25) is 5.32 Å². The predicted molar refractivity (Wildman–Crippen MR) is 98.3 cm³/mol. The molecule has 2 rings (SSSR count). The molecule has 0 heterocycles. The molecule has 0 amide bonds. The van der Waals surface area contributed by atoms with Crippen LogP contribution >= 0.6 is 0 Å². The molecule has 0 aliphatic rings. The summed E-state index contributed by atoms with van der Waals surface area (Å²) in [6.45, 7) is 7.27. The van der Waals surface area contributed by atoms with Gasteiger partial charge in [0.15, 0.2) is 0 Å². The Bertz CT molecular complexity index is 587. The molecule has 0 aliphatic carbocycles. The van der Waals surface area contributed by atoms with Crippen LogP contribution in [-0.4, -0.2) is 19.8 Å². The summed E-state index contributed by atoms with van der Waals surface area (Å²) in [6.07, 6.45) is 2.18. The lowest BCUT2D eigenvalue weighted by Gasteiger charge is -2.16. The minimum atomic E-state index is 0.468. The van der Waals surface area contributed by atoms with Gasteiger partial charge in [-0.15, -0.1) is 0 Å². The van der Waals surface area contributed by atoms with Crippen LogP contribution in [0.5, 0.6) is 5.75 Å². The molecule has 23 heavy (non-hydrogen) atoms. The number of benzene rings is 2. The molecule has 0 bridgehead atoms. The van der Waals surface area contributed by atoms with Crippen LogP contribution in [0.4, 0.5) is 5.69 Å². The van der Waals surface area contributed by atoms with Crippen LogP contribution in [-0.2, 0) is 6.42 Å². The summed E-state index contributed by atoms with van der Waals surface area (Å²) in [5, 5.41) is 6.97. The van der Waals surface area contributed by atoms with Gasteiger partial charge >= 0.3 is 0 Å². The lowest BCUT2D eigenvalue weighted by Crippen LogP contribution is -2.31. The maximum atomic E-state index is 5.19. The standard InChI is InChI=1S/C20H28N2O/c1-15-11-16(2)13-19(12-15)22-14-21-17(3)5-6-18-7-9-20(23-4)10-8-18/h7-13,17,21-22H,5-6,14H2,1-4H3. The zero-order valence-electron chi connectivity index (χ0n) is 14.6. The molecule has 0 spiro atoms. The van der Waals surface area contributed by atoms with Crippen LogP contribution in [0.25, 0.3) is 0 Å². The zero-order valence-corrected chi connectivity index (χ0v) is 14.6. The Kier molecular flexibility index (Phi) is 6.48. The summed E-state index contributed by atoms with van der Waals surface area (Å²) >= 11 is 0. The third kappa shape index (κ3) is 5.95. The highest BCUT2D eigenvalue weighted by molar-refractivity contribution is 5.48. The maximum Gasteiger partial charge on any atom is 0.118 e. The molecule has 0 radical (unpaired) electrons. The van der Waals surface area contributed by atoms with Crippen molar-refractivity contribution >= 4 is 5.69 Å². The number of nitrogens with one attached hydrogen (secondary N) is 2. The topological polar surface area (TPSA) is 33.3 Å². The first kappa shape index (κ1) is 17.4. The molecule has 2 aromatic carbocycles. The maximum absolute atomic E-state index is 5.19. The summed E-state index contributed by atoms with van der Waals surface area (Å²) in [7, 11) is 1.70. The van der Waals surface area contributed by atoms with Crippen LogP contribution in [0.3, 0.4) is 0 Å². The van der Waals surface area contributed by atoms with Gasteiger partial charge in [-0.05, 0) is 74.6 Å². The fourth-order valence-corrected chi connectivity index (χ4v) is 2.68. The first-order chi connectivity index (χ1) is 11.1. The van der Waals surface area contributed by atoms with Crippen molar-refractivity contribution in [2.24, 2.45) is 0 Å². The highest BCUT2D eigenvalue weighted by atomic mass is 16.5. The quantitative estimate of drug-likeness (QED) is 0.713. The van der Waals surface area contributed by atoms with Crippen molar-refractivity contribution < 1.29 is 4.74 Å². The van der Waals surface area contributed by atoms with Gasteiger partial charge in [0.2, 0.25) is 0 Å². The van der Waals surface area contributed by atoms with Crippen LogP contribution in [0, 0.1) is 13.8 Å². The molecule has 0 saturated carbocycles. The number of hydrogen-bond donors (Lipinski definition) is 2. The van der Waals surface area contributed by atoms with Gasteiger partial charge < -0.3 is 10.1 Å². The van der Waals surface area contributed by atoms with Gasteiger partial charge in [0.1, 0.15) is 5.75 Å². The smallest absolute Gasteiger partial charge is 0.118 e. The molecule has 3 nitrogen and oxygen atoms in total. The zero-order chi connectivity index (χ0) is 16.7. The van der Waals surface area contributed by atoms with E-state index in [-0.39, 0.29) is 0 Å². The Labute approximate surface area is 140 Å². The van der Waals surface area contributed by atoms with E-state index in [1.165, 1.54) is 22.4 Å². The van der Waals surface area contributed by atoms with Gasteiger partial charge in [-0.25, -0.2) is 0 Å². The van der Waals surface area contributed by atoms with Crippen LogP contribution in [0.15, 0.2) is 42.5 Å². The second-order valence-electron chi connectivity index (χ2n) is 6.22. The van der Waals surface area contributed by atoms with E-state index in [1.807, 2.05) is 12.1 Å². The van der Waals surface area contributed by atoms with Crippen molar-refractivity contribution in [2.45, 2.75) is 39.7 Å². The highest BCUT2D eigenvalue weighted by Crippen LogP contribution is 2.14. The lowest BCUT2D eigenvalue weighted by molar-refractivity contribution is 0.414. The Hall–Kier alpha value is -2.00. The third-order valence-electron chi connectivity index (χ3n) is 3.99. The predicted octanol–water partition coefficient (Wildman–Crippen LogP) is 4.29. The molecule has 1 atom stereocenters. The molecule has 0 aliphatic heterocycles. The van der Waals surface area contributed by atoms with E-state index in [9.17, 15) is 0 Å². The Morgan fingerprint density at radius 3 is 2.26 bits per heavy atom. The van der Waals surface area contributed by atoms with E-state index in [1.54, 1.807) is 7.11 Å². The summed E-state index contributed by atoms with van der Waals surface area (Å²) in [5.74, 6) is 0.914. The number of aryl methyl sites for hydroxylation is 3. The van der Waals surface area contributed by atoms with E-state index < -0.39 is 0 Å². The van der Waals surface area contributed by atoms with Gasteiger partial charge in [0, 0.05) is 11.7 Å². The van der Waals surface area contributed by atoms with E-state index >= 15 is 0 Å². The molecule has 2 N–H and O–H groups in total. The normalized spacial score (nSPS) is 12.0. The van der Waals surface area contributed by atoms with Crippen molar-refractivity contribution in [1.82, 2.24) is 5.32 Å². The second kappa shape index (κ2) is 8.59. The largest absolute Gasteiger partial charge is 0.497 e. The van der Waals surface area contributed by atoms with Crippen molar-refractivity contribution in [3.05, 3.63) is 59.2 Å². The van der Waals surface area contributed by atoms with Crippen LogP contribution in [0.2, 0.25) is 0 Å². The number of rotatable bonds is 8. The van der Waals surface area contributed by atoms with Gasteiger partial charge in [0.25, 0.3) is 0 Å². The number of hydrogen-bond acceptors (Lipinski definition) is 3. The summed E-state index contributed by atoms with van der Waals surface area (Å²) in [4.78, 5) is 0. The summed E-state index contributed by atoms with van der Waals surface area (Å²) < 4.78 is 5.19. The number of ether oxygens (including phenoxy) is 1. The summed E-state index contributed by atoms with van der Waals surface area (Å²) in [6, 6.07) is 15.3. The minimum Gasteiger partial charge on any atom is -0.497 e. The van der Waals surface area contributed by atoms with Crippen molar-refractivity contribution in [3.63, 3.8) is 0 Å². The lowest BCUT2D eigenvalue weighted by atomic mass is 10.1. The molecule has 3 heteroatoms. The van der Waals surface area contributed by atoms with Crippen molar-refractivity contribution in [1.29, 1.82) is 0 Å². The average molecular weight is 312 g/mol. The van der Waals surface area contributed by atoms with E-state index in [0.717, 1.165) is 25.3 Å². The molecular weight excluding hydrogens is 284 g/mol. The SMILES string of the molecule is COc1ccc(CCC(C)NCNc2cc(C)cc(C)c2)cc1. The molecule has 0 aromatic heterocycles. The van der Waals surface area contributed by atoms with Gasteiger partial charge in [-0.1, -0.05) is 18.2 Å². The third-order valence-corrected chi connectivity index (χ3v) is 3.99. The summed E-state index contributed by atoms with van der Waals surface area (Å²) in [5.41, 5.74) is 5.11. The molecule has 0 saturated heterocycles. The first-order valence-electron chi connectivity index (χ1n) is 8.25. The van der Waals surface area contributed by atoms with Gasteiger partial charge in [-0.2, -0.15) is 0 Å². The van der Waals surface area contributed by atoms with Crippen LogP contribution < -0.4 is 15.4 Å². The van der Waals surface area contributed by atoms with Crippen molar-refractivity contribution in [2.75, 3.05) is 19.1 Å². The van der Waals surface area contributed by atoms with E-state index in [2.05, 4.69) is 61.7 Å². The first-order valence-corrected chi connectivity index (χ1v) is 8.25. The Balaban J connectivity index is 1.71. The van der Waals surface area contributed by atoms with Crippen molar-refractivity contribution in [3.8, 4) is 5.75 Å². The minimum absolute atomic E-state index is 0.468.